The molecule has 0 saturated heterocycles. The van der Waals surface area contributed by atoms with E-state index in [1.54, 1.807) is 7.11 Å². The summed E-state index contributed by atoms with van der Waals surface area (Å²) in [5.74, 6) is -0.337. The highest BCUT2D eigenvalue weighted by molar-refractivity contribution is 5.81. The van der Waals surface area contributed by atoms with Gasteiger partial charge in [-0.1, -0.05) is 110 Å². The Bertz CT molecular complexity index is 497. The van der Waals surface area contributed by atoms with Crippen molar-refractivity contribution < 1.29 is 19.1 Å². The molecule has 0 aromatic rings. The van der Waals surface area contributed by atoms with Gasteiger partial charge in [0.2, 0.25) is 5.91 Å². The smallest absolute Gasteiger partial charge is 0.306 e. The van der Waals surface area contributed by atoms with Crippen molar-refractivity contribution in [2.24, 2.45) is 0 Å². The van der Waals surface area contributed by atoms with Crippen molar-refractivity contribution in [2.75, 3.05) is 13.7 Å². The average molecular weight is 482 g/mol. The summed E-state index contributed by atoms with van der Waals surface area (Å²) in [4.78, 5) is 24.0. The number of nitrogens with one attached hydrogen (secondary N) is 1. The maximum Gasteiger partial charge on any atom is 0.306 e. The fourth-order valence-corrected chi connectivity index (χ4v) is 4.90. The van der Waals surface area contributed by atoms with Crippen LogP contribution in [0.1, 0.15) is 148 Å². The molecule has 2 atom stereocenters. The third-order valence-electron chi connectivity index (χ3n) is 7.14. The van der Waals surface area contributed by atoms with Crippen molar-refractivity contribution in [1.29, 1.82) is 0 Å². The molecule has 0 bridgehead atoms. The average Bonchev–Trinajstić information content (AvgIpc) is 2.85. The molecule has 200 valence electrons. The third-order valence-corrected chi connectivity index (χ3v) is 7.14. The first-order valence-corrected chi connectivity index (χ1v) is 14.7. The lowest BCUT2D eigenvalue weighted by atomic mass is 9.94. The number of carbonyl (C=O) groups excluding carboxylic acids is 2. The van der Waals surface area contributed by atoms with E-state index in [1.807, 2.05) is 0 Å². The van der Waals surface area contributed by atoms with E-state index in [0.717, 1.165) is 32.1 Å². The van der Waals surface area contributed by atoms with Crippen LogP contribution in [0, 0.1) is 0 Å². The van der Waals surface area contributed by atoms with Crippen LogP contribution in [0.25, 0.3) is 0 Å². The second-order valence-electron chi connectivity index (χ2n) is 10.2. The second-order valence-corrected chi connectivity index (χ2v) is 10.2. The summed E-state index contributed by atoms with van der Waals surface area (Å²) in [6, 6.07) is 0. The maximum absolute atomic E-state index is 12.1. The minimum Gasteiger partial charge on any atom is -0.460 e. The van der Waals surface area contributed by atoms with Gasteiger partial charge >= 0.3 is 5.97 Å². The summed E-state index contributed by atoms with van der Waals surface area (Å²) >= 11 is 0. The standard InChI is InChI=1S/C29H55NO4/c1-3-4-5-6-7-8-9-10-11-12-13-14-15-16-17-20-25-30-28(31)23-24-29(32)34-27-22-19-18-21-26(27)33-2/h26-27H,3-25H2,1-2H3,(H,30,31). The summed E-state index contributed by atoms with van der Waals surface area (Å²) in [6.45, 7) is 2.99. The molecule has 0 radical (unpaired) electrons. The quantitative estimate of drug-likeness (QED) is 0.127. The minimum absolute atomic E-state index is 0.00133. The van der Waals surface area contributed by atoms with Crippen LogP contribution in [0.15, 0.2) is 0 Å². The van der Waals surface area contributed by atoms with E-state index in [9.17, 15) is 9.59 Å². The van der Waals surface area contributed by atoms with E-state index in [0.29, 0.717) is 6.54 Å². The van der Waals surface area contributed by atoms with Crippen molar-refractivity contribution in [3.05, 3.63) is 0 Å². The number of unbranched alkanes of at least 4 members (excludes halogenated alkanes) is 15. The Balaban J connectivity index is 1.82. The first-order chi connectivity index (χ1) is 16.7. The Morgan fingerprint density at radius 3 is 1.65 bits per heavy atom. The van der Waals surface area contributed by atoms with E-state index in [-0.39, 0.29) is 36.9 Å². The van der Waals surface area contributed by atoms with Gasteiger partial charge < -0.3 is 14.8 Å². The lowest BCUT2D eigenvalue weighted by molar-refractivity contribution is -0.160. The molecule has 1 saturated carbocycles. The molecule has 2 unspecified atom stereocenters. The summed E-state index contributed by atoms with van der Waals surface area (Å²) in [5.41, 5.74) is 0. The van der Waals surface area contributed by atoms with Crippen LogP contribution in [-0.4, -0.2) is 37.7 Å². The van der Waals surface area contributed by atoms with Crippen LogP contribution in [0.4, 0.5) is 0 Å². The number of methoxy groups -OCH3 is 1. The van der Waals surface area contributed by atoms with Gasteiger partial charge in [0.25, 0.3) is 0 Å². The highest BCUT2D eigenvalue weighted by Gasteiger charge is 2.28. The van der Waals surface area contributed by atoms with Crippen LogP contribution in [0.5, 0.6) is 0 Å². The van der Waals surface area contributed by atoms with E-state index in [1.165, 1.54) is 96.3 Å². The van der Waals surface area contributed by atoms with Crippen LogP contribution in [-0.2, 0) is 19.1 Å². The van der Waals surface area contributed by atoms with Crippen LogP contribution >= 0.6 is 0 Å². The zero-order valence-electron chi connectivity index (χ0n) is 22.6. The van der Waals surface area contributed by atoms with Crippen LogP contribution in [0.3, 0.4) is 0 Å². The molecule has 1 fully saturated rings. The number of rotatable bonds is 22. The molecule has 1 rings (SSSR count). The summed E-state index contributed by atoms with van der Waals surface area (Å²) in [6.07, 6.45) is 25.8. The van der Waals surface area contributed by atoms with Crippen molar-refractivity contribution in [2.45, 2.75) is 160 Å². The first kappa shape index (κ1) is 30.9. The predicted octanol–water partition coefficient (Wildman–Crippen LogP) is 7.65. The van der Waals surface area contributed by atoms with E-state index < -0.39 is 0 Å². The highest BCUT2D eigenvalue weighted by Crippen LogP contribution is 2.23. The van der Waals surface area contributed by atoms with Gasteiger partial charge in [0.05, 0.1) is 12.5 Å². The molecule has 34 heavy (non-hydrogen) atoms. The van der Waals surface area contributed by atoms with Crippen molar-refractivity contribution >= 4 is 11.9 Å². The molecule has 1 aliphatic carbocycles. The molecule has 0 aromatic carbocycles. The summed E-state index contributed by atoms with van der Waals surface area (Å²) in [5, 5.41) is 2.94. The van der Waals surface area contributed by atoms with Gasteiger partial charge in [-0.25, -0.2) is 0 Å². The van der Waals surface area contributed by atoms with Gasteiger partial charge in [-0.05, 0) is 25.7 Å². The predicted molar refractivity (Wildman–Crippen MR) is 141 cm³/mol. The highest BCUT2D eigenvalue weighted by atomic mass is 16.6. The van der Waals surface area contributed by atoms with Crippen molar-refractivity contribution in [3.8, 4) is 0 Å². The largest absolute Gasteiger partial charge is 0.460 e. The number of carbonyl (C=O) groups is 2. The molecule has 0 heterocycles. The van der Waals surface area contributed by atoms with Gasteiger partial charge in [-0.2, -0.15) is 0 Å². The van der Waals surface area contributed by atoms with Gasteiger partial charge in [0.15, 0.2) is 0 Å². The molecule has 0 spiro atoms. The fraction of sp³-hybridized carbons (Fsp3) is 0.931. The zero-order valence-corrected chi connectivity index (χ0v) is 22.6. The van der Waals surface area contributed by atoms with Gasteiger partial charge in [0, 0.05) is 20.1 Å². The number of amides is 1. The normalized spacial score (nSPS) is 18.1. The first-order valence-electron chi connectivity index (χ1n) is 14.7. The summed E-state index contributed by atoms with van der Waals surface area (Å²) < 4.78 is 11.0. The number of hydrogen-bond acceptors (Lipinski definition) is 4. The third kappa shape index (κ3) is 17.4. The number of esters is 1. The Hall–Kier alpha value is -1.10. The summed E-state index contributed by atoms with van der Waals surface area (Å²) in [7, 11) is 1.67. The Labute approximate surface area is 210 Å². The van der Waals surface area contributed by atoms with E-state index in [2.05, 4.69) is 12.2 Å². The lowest BCUT2D eigenvalue weighted by Crippen LogP contribution is -2.36. The van der Waals surface area contributed by atoms with E-state index >= 15 is 0 Å². The minimum atomic E-state index is -0.286. The Kier molecular flexibility index (Phi) is 20.3. The molecule has 1 N–H and O–H groups in total. The topological polar surface area (TPSA) is 64.6 Å². The molecule has 5 nitrogen and oxygen atoms in total. The molecular weight excluding hydrogens is 426 g/mol. The molecule has 0 aromatic heterocycles. The molecular formula is C29H55NO4. The Morgan fingerprint density at radius 1 is 0.676 bits per heavy atom. The van der Waals surface area contributed by atoms with E-state index in [4.69, 9.17) is 9.47 Å². The second kappa shape index (κ2) is 22.4. The molecule has 1 aliphatic rings. The fourth-order valence-electron chi connectivity index (χ4n) is 4.90. The van der Waals surface area contributed by atoms with Gasteiger partial charge in [-0.15, -0.1) is 0 Å². The molecule has 5 heteroatoms. The maximum atomic E-state index is 12.1. The van der Waals surface area contributed by atoms with Crippen LogP contribution in [0.2, 0.25) is 0 Å². The molecule has 0 aliphatic heterocycles. The van der Waals surface area contributed by atoms with Gasteiger partial charge in [-0.3, -0.25) is 9.59 Å². The van der Waals surface area contributed by atoms with Crippen molar-refractivity contribution in [3.63, 3.8) is 0 Å². The number of hydrogen-bond donors (Lipinski definition) is 1. The zero-order chi connectivity index (χ0) is 24.7. The lowest BCUT2D eigenvalue weighted by Gasteiger charge is -2.29. The molecule has 1 amide bonds. The van der Waals surface area contributed by atoms with Gasteiger partial charge in [0.1, 0.15) is 6.10 Å². The number of ether oxygens (including phenoxy) is 2. The Morgan fingerprint density at radius 2 is 1.15 bits per heavy atom. The SMILES string of the molecule is CCCCCCCCCCCCCCCCCCNC(=O)CCC(=O)OC1CCCCC1OC. The van der Waals surface area contributed by atoms with Crippen LogP contribution < -0.4 is 5.32 Å². The van der Waals surface area contributed by atoms with Crippen molar-refractivity contribution in [1.82, 2.24) is 5.32 Å². The monoisotopic (exact) mass is 481 g/mol.